The van der Waals surface area contributed by atoms with E-state index in [1.165, 1.54) is 18.9 Å². The molecule has 1 N–H and O–H groups in total. The van der Waals surface area contributed by atoms with Crippen LogP contribution in [-0.4, -0.2) is 23.0 Å². The Hall–Kier alpha value is -1.98. The van der Waals surface area contributed by atoms with Gasteiger partial charge in [-0.2, -0.15) is 0 Å². The van der Waals surface area contributed by atoms with Crippen LogP contribution in [0, 0.1) is 0 Å². The van der Waals surface area contributed by atoms with Crippen LogP contribution in [0.1, 0.15) is 15.9 Å². The molecule has 0 aliphatic rings. The number of halogens is 1. The predicted octanol–water partition coefficient (Wildman–Crippen LogP) is 4.30. The Morgan fingerprint density at radius 2 is 2.14 bits per heavy atom. The quantitative estimate of drug-likeness (QED) is 0.572. The van der Waals surface area contributed by atoms with E-state index in [0.29, 0.717) is 16.3 Å². The number of nitrogens with one attached hydrogen (secondary N) is 1. The van der Waals surface area contributed by atoms with Gasteiger partial charge in [-0.05, 0) is 29.8 Å². The Labute approximate surface area is 136 Å². The Kier molecular flexibility index (Phi) is 4.36. The smallest absolute Gasteiger partial charge is 0.338 e. The highest BCUT2D eigenvalue weighted by Gasteiger charge is 2.13. The number of hydrogen-bond donors (Lipinski definition) is 1. The first-order valence-electron chi connectivity index (χ1n) is 6.61. The first-order valence-corrected chi connectivity index (χ1v) is 7.98. The van der Waals surface area contributed by atoms with Crippen LogP contribution >= 0.6 is 23.4 Å². The van der Waals surface area contributed by atoms with Crippen LogP contribution in [0.4, 0.5) is 0 Å². The number of fused-ring (bicyclic) bond motifs is 1. The fourth-order valence-electron chi connectivity index (χ4n) is 2.12. The number of ether oxygens (including phenoxy) is 1. The van der Waals surface area contributed by atoms with Crippen LogP contribution in [0.3, 0.4) is 0 Å². The minimum Gasteiger partial charge on any atom is -0.465 e. The van der Waals surface area contributed by atoms with E-state index in [4.69, 9.17) is 16.3 Å². The van der Waals surface area contributed by atoms with Gasteiger partial charge in [0.2, 0.25) is 0 Å². The average Bonchev–Trinajstić information content (AvgIpc) is 2.95. The van der Waals surface area contributed by atoms with Crippen molar-refractivity contribution in [1.82, 2.24) is 9.97 Å². The number of methoxy groups -OCH3 is 1. The standard InChI is InChI=1S/C16H13ClN2O2S/c1-21-15(20)12-8-11(17)7-6-10(12)9-22-16-18-13-4-2-3-5-14(13)19-16/h2-8H,9H2,1H3,(H,18,19). The van der Waals surface area contributed by atoms with Crippen molar-refractivity contribution in [2.45, 2.75) is 10.9 Å². The van der Waals surface area contributed by atoms with E-state index in [1.54, 1.807) is 12.1 Å². The summed E-state index contributed by atoms with van der Waals surface area (Å²) in [6.45, 7) is 0. The van der Waals surface area contributed by atoms with Gasteiger partial charge in [-0.15, -0.1) is 0 Å². The fourth-order valence-corrected chi connectivity index (χ4v) is 3.18. The van der Waals surface area contributed by atoms with E-state index >= 15 is 0 Å². The summed E-state index contributed by atoms with van der Waals surface area (Å²) >= 11 is 7.49. The molecule has 0 aliphatic carbocycles. The summed E-state index contributed by atoms with van der Waals surface area (Å²) in [4.78, 5) is 19.6. The van der Waals surface area contributed by atoms with E-state index in [-0.39, 0.29) is 5.97 Å². The van der Waals surface area contributed by atoms with Gasteiger partial charge in [0.1, 0.15) is 0 Å². The van der Waals surface area contributed by atoms with Crippen LogP contribution in [0.5, 0.6) is 0 Å². The van der Waals surface area contributed by atoms with Crippen molar-refractivity contribution in [3.05, 3.63) is 58.6 Å². The van der Waals surface area contributed by atoms with Gasteiger partial charge >= 0.3 is 5.97 Å². The third-order valence-corrected chi connectivity index (χ3v) is 4.37. The topological polar surface area (TPSA) is 55.0 Å². The minimum atomic E-state index is -0.386. The van der Waals surface area contributed by atoms with Crippen molar-refractivity contribution in [2.24, 2.45) is 0 Å². The van der Waals surface area contributed by atoms with Crippen molar-refractivity contribution >= 4 is 40.4 Å². The lowest BCUT2D eigenvalue weighted by Crippen LogP contribution is -2.05. The molecule has 0 radical (unpaired) electrons. The number of para-hydroxylation sites is 2. The van der Waals surface area contributed by atoms with Crippen molar-refractivity contribution in [3.63, 3.8) is 0 Å². The van der Waals surface area contributed by atoms with E-state index in [1.807, 2.05) is 30.3 Å². The van der Waals surface area contributed by atoms with E-state index in [0.717, 1.165) is 21.8 Å². The number of carbonyl (C=O) groups excluding carboxylic acids is 1. The van der Waals surface area contributed by atoms with Gasteiger partial charge in [-0.3, -0.25) is 0 Å². The molecule has 3 rings (SSSR count). The second kappa shape index (κ2) is 6.42. The molecule has 0 aliphatic heterocycles. The van der Waals surface area contributed by atoms with Crippen LogP contribution in [0.15, 0.2) is 47.6 Å². The summed E-state index contributed by atoms with van der Waals surface area (Å²) in [5.41, 5.74) is 3.27. The number of thioether (sulfide) groups is 1. The number of aromatic nitrogens is 2. The zero-order valence-electron chi connectivity index (χ0n) is 11.8. The van der Waals surface area contributed by atoms with Crippen molar-refractivity contribution in [3.8, 4) is 0 Å². The molecule has 0 spiro atoms. The molecule has 112 valence electrons. The molecule has 1 heterocycles. The first kappa shape index (κ1) is 14.9. The van der Waals surface area contributed by atoms with Crippen LogP contribution in [-0.2, 0) is 10.5 Å². The SMILES string of the molecule is COC(=O)c1cc(Cl)ccc1CSc1nc2ccccc2[nH]1. The van der Waals surface area contributed by atoms with Crippen LogP contribution in [0.2, 0.25) is 5.02 Å². The van der Waals surface area contributed by atoms with E-state index in [2.05, 4.69) is 9.97 Å². The molecular formula is C16H13ClN2O2S. The molecule has 22 heavy (non-hydrogen) atoms. The number of hydrogen-bond acceptors (Lipinski definition) is 4. The molecule has 0 atom stereocenters. The summed E-state index contributed by atoms with van der Waals surface area (Å²) in [7, 11) is 1.36. The molecule has 0 saturated heterocycles. The molecule has 4 nitrogen and oxygen atoms in total. The predicted molar refractivity (Wildman–Crippen MR) is 88.4 cm³/mol. The number of nitrogens with zero attached hydrogens (tertiary/aromatic N) is 1. The third-order valence-electron chi connectivity index (χ3n) is 3.21. The number of benzene rings is 2. The molecule has 0 bridgehead atoms. The molecule has 6 heteroatoms. The lowest BCUT2D eigenvalue weighted by Gasteiger charge is -2.07. The number of imidazole rings is 1. The van der Waals surface area contributed by atoms with Gasteiger partial charge in [-0.1, -0.05) is 41.6 Å². The zero-order chi connectivity index (χ0) is 15.5. The van der Waals surface area contributed by atoms with Gasteiger partial charge in [-0.25, -0.2) is 9.78 Å². The molecule has 0 fully saturated rings. The molecular weight excluding hydrogens is 320 g/mol. The number of H-pyrrole nitrogens is 1. The Morgan fingerprint density at radius 3 is 2.91 bits per heavy atom. The summed E-state index contributed by atoms with van der Waals surface area (Å²) in [5.74, 6) is 0.212. The summed E-state index contributed by atoms with van der Waals surface area (Å²) in [6, 6.07) is 13.1. The molecule has 0 amide bonds. The van der Waals surface area contributed by atoms with Crippen LogP contribution < -0.4 is 0 Å². The van der Waals surface area contributed by atoms with Crippen molar-refractivity contribution in [2.75, 3.05) is 7.11 Å². The lowest BCUT2D eigenvalue weighted by atomic mass is 10.1. The molecule has 3 aromatic rings. The normalized spacial score (nSPS) is 10.8. The van der Waals surface area contributed by atoms with E-state index < -0.39 is 0 Å². The molecule has 1 aromatic heterocycles. The summed E-state index contributed by atoms with van der Waals surface area (Å²) in [5, 5.41) is 1.32. The van der Waals surface area contributed by atoms with Crippen molar-refractivity contribution < 1.29 is 9.53 Å². The monoisotopic (exact) mass is 332 g/mol. The molecule has 2 aromatic carbocycles. The number of aromatic amines is 1. The summed E-state index contributed by atoms with van der Waals surface area (Å²) < 4.78 is 4.80. The zero-order valence-corrected chi connectivity index (χ0v) is 13.4. The second-order valence-corrected chi connectivity index (χ2v) is 6.04. The van der Waals surface area contributed by atoms with Crippen molar-refractivity contribution in [1.29, 1.82) is 0 Å². The van der Waals surface area contributed by atoms with Gasteiger partial charge < -0.3 is 9.72 Å². The maximum atomic E-state index is 11.8. The molecule has 0 unspecified atom stereocenters. The molecule has 0 saturated carbocycles. The largest absolute Gasteiger partial charge is 0.465 e. The van der Waals surface area contributed by atoms with Gasteiger partial charge in [0, 0.05) is 10.8 Å². The maximum absolute atomic E-state index is 11.8. The number of rotatable bonds is 4. The Bertz CT molecular complexity index is 799. The number of carbonyl (C=O) groups is 1. The highest BCUT2D eigenvalue weighted by Crippen LogP contribution is 2.26. The van der Waals surface area contributed by atoms with Crippen LogP contribution in [0.25, 0.3) is 11.0 Å². The highest BCUT2D eigenvalue weighted by atomic mass is 35.5. The minimum absolute atomic E-state index is 0.386. The van der Waals surface area contributed by atoms with E-state index in [9.17, 15) is 4.79 Å². The highest BCUT2D eigenvalue weighted by molar-refractivity contribution is 7.98. The maximum Gasteiger partial charge on any atom is 0.338 e. The summed E-state index contributed by atoms with van der Waals surface area (Å²) in [6.07, 6.45) is 0. The average molecular weight is 333 g/mol. The Morgan fingerprint density at radius 1 is 1.32 bits per heavy atom. The van der Waals surface area contributed by atoms with Gasteiger partial charge in [0.05, 0.1) is 23.7 Å². The Balaban J connectivity index is 1.82. The number of esters is 1. The first-order chi connectivity index (χ1) is 10.7. The third kappa shape index (κ3) is 3.10. The van der Waals surface area contributed by atoms with Gasteiger partial charge in [0.25, 0.3) is 0 Å². The second-order valence-electron chi connectivity index (χ2n) is 4.64. The lowest BCUT2D eigenvalue weighted by molar-refractivity contribution is 0.0600. The van der Waals surface area contributed by atoms with Gasteiger partial charge in [0.15, 0.2) is 5.16 Å². The fraction of sp³-hybridized carbons (Fsp3) is 0.125.